The number of aliphatic carboxylic acids is 1. The van der Waals surface area contributed by atoms with Gasteiger partial charge in [-0.15, -0.1) is 0 Å². The van der Waals surface area contributed by atoms with Crippen LogP contribution in [0.15, 0.2) is 0 Å². The molecule has 0 bridgehead atoms. The summed E-state index contributed by atoms with van der Waals surface area (Å²) >= 11 is 0. The molecule has 1 N–H and O–H groups in total. The third kappa shape index (κ3) is 3.39. The number of likely N-dealkylation sites (tertiary alicyclic amines) is 1. The number of carboxylic acid groups (broad SMARTS) is 1. The van der Waals surface area contributed by atoms with Gasteiger partial charge in [-0.05, 0) is 0 Å². The maximum absolute atomic E-state index is 12.8. The van der Waals surface area contributed by atoms with Crippen LogP contribution in [0.2, 0.25) is 0 Å². The Morgan fingerprint density at radius 2 is 2.07 bits per heavy atom. The van der Waals surface area contributed by atoms with Crippen LogP contribution < -0.4 is 0 Å². The van der Waals surface area contributed by atoms with Gasteiger partial charge in [-0.3, -0.25) is 9.69 Å². The van der Waals surface area contributed by atoms with Crippen molar-refractivity contribution in [2.45, 2.75) is 24.8 Å². The molecule has 6 heteroatoms. The molecule has 1 unspecified atom stereocenters. The molecule has 0 spiro atoms. The minimum Gasteiger partial charge on any atom is -0.480 e. The van der Waals surface area contributed by atoms with Crippen molar-refractivity contribution in [1.29, 1.82) is 0 Å². The topological polar surface area (TPSA) is 49.8 Å². The Morgan fingerprint density at radius 1 is 1.53 bits per heavy atom. The molecule has 1 rings (SSSR count). The first-order valence-electron chi connectivity index (χ1n) is 4.80. The highest BCUT2D eigenvalue weighted by molar-refractivity contribution is 5.73. The molecule has 0 aromatic heterocycles. The zero-order valence-corrected chi connectivity index (χ0v) is 8.58. The number of halogens is 2. The summed E-state index contributed by atoms with van der Waals surface area (Å²) in [4.78, 5) is 12.4. The molecule has 0 aliphatic carbocycles. The average Bonchev–Trinajstić information content (AvgIpc) is 2.14. The zero-order valence-electron chi connectivity index (χ0n) is 8.58. The minimum atomic E-state index is -2.65. The summed E-state index contributed by atoms with van der Waals surface area (Å²) < 4.78 is 30.4. The Morgan fingerprint density at radius 3 is 2.47 bits per heavy atom. The van der Waals surface area contributed by atoms with Crippen LogP contribution in [0.25, 0.3) is 0 Å². The fourth-order valence-corrected chi connectivity index (χ4v) is 1.65. The van der Waals surface area contributed by atoms with Gasteiger partial charge >= 0.3 is 5.97 Å². The maximum Gasteiger partial charge on any atom is 0.323 e. The SMILES string of the molecule is COCC(C(=O)O)N1CCC(F)(F)CC1. The summed E-state index contributed by atoms with van der Waals surface area (Å²) in [6.07, 6.45) is -0.555. The lowest BCUT2D eigenvalue weighted by molar-refractivity contribution is -0.148. The van der Waals surface area contributed by atoms with Crippen molar-refractivity contribution in [3.05, 3.63) is 0 Å². The summed E-state index contributed by atoms with van der Waals surface area (Å²) in [5.41, 5.74) is 0. The van der Waals surface area contributed by atoms with Gasteiger partial charge in [-0.25, -0.2) is 8.78 Å². The van der Waals surface area contributed by atoms with Crippen LogP contribution in [0.5, 0.6) is 0 Å². The van der Waals surface area contributed by atoms with E-state index in [1.807, 2.05) is 0 Å². The lowest BCUT2D eigenvalue weighted by atomic mass is 10.0. The number of piperidine rings is 1. The van der Waals surface area contributed by atoms with Gasteiger partial charge in [-0.1, -0.05) is 0 Å². The first-order valence-corrected chi connectivity index (χ1v) is 4.80. The van der Waals surface area contributed by atoms with E-state index in [0.29, 0.717) is 0 Å². The molecular formula is C9H15F2NO3. The third-order valence-corrected chi connectivity index (χ3v) is 2.58. The summed E-state index contributed by atoms with van der Waals surface area (Å²) in [6, 6.07) is -0.814. The number of rotatable bonds is 4. The van der Waals surface area contributed by atoms with Gasteiger partial charge in [0, 0.05) is 33.0 Å². The molecule has 0 saturated carbocycles. The molecule has 15 heavy (non-hydrogen) atoms. The van der Waals surface area contributed by atoms with E-state index in [1.54, 1.807) is 0 Å². The van der Waals surface area contributed by atoms with Crippen LogP contribution in [0.3, 0.4) is 0 Å². The zero-order chi connectivity index (χ0) is 11.5. The van der Waals surface area contributed by atoms with Gasteiger partial charge in [-0.2, -0.15) is 0 Å². The summed E-state index contributed by atoms with van der Waals surface area (Å²) in [7, 11) is 1.40. The van der Waals surface area contributed by atoms with E-state index in [2.05, 4.69) is 0 Å². The lowest BCUT2D eigenvalue weighted by Gasteiger charge is -2.35. The molecule has 4 nitrogen and oxygen atoms in total. The van der Waals surface area contributed by atoms with Crippen LogP contribution in [-0.2, 0) is 9.53 Å². The normalized spacial score (nSPS) is 23.7. The Bertz CT molecular complexity index is 225. The Labute approximate surface area is 86.8 Å². The molecule has 1 fully saturated rings. The number of methoxy groups -OCH3 is 1. The second-order valence-electron chi connectivity index (χ2n) is 3.70. The third-order valence-electron chi connectivity index (χ3n) is 2.58. The van der Waals surface area contributed by atoms with Gasteiger partial charge < -0.3 is 9.84 Å². The first-order chi connectivity index (χ1) is 6.96. The van der Waals surface area contributed by atoms with Gasteiger partial charge in [0.05, 0.1) is 6.61 Å². The quantitative estimate of drug-likeness (QED) is 0.766. The summed E-state index contributed by atoms with van der Waals surface area (Å²) in [6.45, 7) is 0.238. The second kappa shape index (κ2) is 4.85. The van der Waals surface area contributed by atoms with Gasteiger partial charge in [0.15, 0.2) is 0 Å². The first kappa shape index (κ1) is 12.3. The van der Waals surface area contributed by atoms with Crippen molar-refractivity contribution in [3.8, 4) is 0 Å². The van der Waals surface area contributed by atoms with Crippen molar-refractivity contribution in [1.82, 2.24) is 4.90 Å². The number of nitrogens with zero attached hydrogens (tertiary/aromatic N) is 1. The van der Waals surface area contributed by atoms with Crippen LogP contribution >= 0.6 is 0 Å². The Kier molecular flexibility index (Phi) is 3.98. The molecule has 0 aromatic rings. The van der Waals surface area contributed by atoms with E-state index in [4.69, 9.17) is 9.84 Å². The predicted molar refractivity (Wildman–Crippen MR) is 49.1 cm³/mol. The van der Waals surface area contributed by atoms with E-state index < -0.39 is 17.9 Å². The molecule has 88 valence electrons. The summed E-state index contributed by atoms with van der Waals surface area (Å²) in [5, 5.41) is 8.88. The molecule has 1 saturated heterocycles. The molecule has 0 amide bonds. The van der Waals surface area contributed by atoms with Crippen molar-refractivity contribution in [2.75, 3.05) is 26.8 Å². The monoisotopic (exact) mass is 223 g/mol. The molecule has 1 heterocycles. The fraction of sp³-hybridized carbons (Fsp3) is 0.889. The smallest absolute Gasteiger partial charge is 0.323 e. The fourth-order valence-electron chi connectivity index (χ4n) is 1.65. The second-order valence-corrected chi connectivity index (χ2v) is 3.70. The molecular weight excluding hydrogens is 208 g/mol. The number of ether oxygens (including phenoxy) is 1. The number of hydrogen-bond donors (Lipinski definition) is 1. The number of carbonyl (C=O) groups is 1. The van der Waals surface area contributed by atoms with Crippen molar-refractivity contribution >= 4 is 5.97 Å². The largest absolute Gasteiger partial charge is 0.480 e. The molecule has 1 aliphatic heterocycles. The molecule has 1 atom stereocenters. The highest BCUT2D eigenvalue weighted by atomic mass is 19.3. The Hall–Kier alpha value is -0.750. The molecule has 1 aliphatic rings. The molecule has 0 radical (unpaired) electrons. The maximum atomic E-state index is 12.8. The lowest BCUT2D eigenvalue weighted by Crippen LogP contribution is -2.50. The predicted octanol–water partition coefficient (Wildman–Crippen LogP) is 0.817. The van der Waals surface area contributed by atoms with Crippen LogP contribution in [0.1, 0.15) is 12.8 Å². The van der Waals surface area contributed by atoms with E-state index in [1.165, 1.54) is 12.0 Å². The van der Waals surface area contributed by atoms with Crippen LogP contribution in [-0.4, -0.2) is 54.7 Å². The minimum absolute atomic E-state index is 0.0287. The summed E-state index contributed by atoms with van der Waals surface area (Å²) in [5.74, 6) is -3.67. The standard InChI is InChI=1S/C9H15F2NO3/c1-15-6-7(8(13)14)12-4-2-9(10,11)3-5-12/h7H,2-6H2,1H3,(H,13,14). The van der Waals surface area contributed by atoms with Gasteiger partial charge in [0.25, 0.3) is 5.92 Å². The average molecular weight is 223 g/mol. The van der Waals surface area contributed by atoms with Crippen LogP contribution in [0, 0.1) is 0 Å². The van der Waals surface area contributed by atoms with Crippen molar-refractivity contribution in [3.63, 3.8) is 0 Å². The van der Waals surface area contributed by atoms with E-state index in [0.717, 1.165) is 0 Å². The number of alkyl halides is 2. The Balaban J connectivity index is 2.52. The van der Waals surface area contributed by atoms with E-state index >= 15 is 0 Å². The highest BCUT2D eigenvalue weighted by Gasteiger charge is 2.38. The highest BCUT2D eigenvalue weighted by Crippen LogP contribution is 2.28. The van der Waals surface area contributed by atoms with Crippen molar-refractivity contribution in [2.24, 2.45) is 0 Å². The van der Waals surface area contributed by atoms with Gasteiger partial charge in [0.1, 0.15) is 6.04 Å². The van der Waals surface area contributed by atoms with Gasteiger partial charge in [0.2, 0.25) is 0 Å². The van der Waals surface area contributed by atoms with E-state index in [9.17, 15) is 13.6 Å². The number of carboxylic acids is 1. The van der Waals surface area contributed by atoms with E-state index in [-0.39, 0.29) is 32.5 Å². The number of hydrogen-bond acceptors (Lipinski definition) is 3. The molecule has 0 aromatic carbocycles. The van der Waals surface area contributed by atoms with Crippen molar-refractivity contribution < 1.29 is 23.4 Å². The van der Waals surface area contributed by atoms with Crippen LogP contribution in [0.4, 0.5) is 8.78 Å².